The molecule has 0 spiro atoms. The van der Waals surface area contributed by atoms with Gasteiger partial charge in [-0.05, 0) is 31.0 Å². The maximum absolute atomic E-state index is 12.8. The molecule has 1 aromatic heterocycles. The van der Waals surface area contributed by atoms with Gasteiger partial charge in [-0.2, -0.15) is 4.31 Å². The van der Waals surface area contributed by atoms with Crippen molar-refractivity contribution in [2.24, 2.45) is 7.05 Å². The number of piperazine rings is 1. The second-order valence-corrected chi connectivity index (χ2v) is 11.1. The van der Waals surface area contributed by atoms with Gasteiger partial charge in [-0.1, -0.05) is 41.3 Å². The van der Waals surface area contributed by atoms with Gasteiger partial charge in [-0.25, -0.2) is 8.42 Å². The third-order valence-corrected chi connectivity index (χ3v) is 8.69. The molecule has 1 aliphatic carbocycles. The topological polar surface area (TPSA) is 100 Å². The predicted octanol–water partition coefficient (Wildman–Crippen LogP) is 2.17. The Morgan fingerprint density at radius 1 is 1.16 bits per heavy atom. The first-order valence-corrected chi connectivity index (χ1v) is 12.8. The predicted molar refractivity (Wildman–Crippen MR) is 121 cm³/mol. The number of carbonyl (C=O) groups is 1. The first kappa shape index (κ1) is 23.4. The van der Waals surface area contributed by atoms with Crippen LogP contribution >= 0.6 is 23.2 Å². The molecule has 32 heavy (non-hydrogen) atoms. The lowest BCUT2D eigenvalue weighted by Gasteiger charge is -2.45. The highest BCUT2D eigenvalue weighted by atomic mass is 35.5. The van der Waals surface area contributed by atoms with Gasteiger partial charge in [-0.15, -0.1) is 5.10 Å². The molecule has 1 saturated heterocycles. The Kier molecular flexibility index (Phi) is 6.78. The van der Waals surface area contributed by atoms with Crippen molar-refractivity contribution in [1.29, 1.82) is 0 Å². The summed E-state index contributed by atoms with van der Waals surface area (Å²) in [5, 5.41) is 11.3. The van der Waals surface area contributed by atoms with E-state index in [-0.39, 0.29) is 16.5 Å². The SMILES string of the molecule is Cn1cc(S(=O)(=O)N2CCN(C3(CNC(=O)c4ccc(Cl)cc4Cl)CCCC3)CC2)nn1. The molecule has 4 rings (SSSR count). The van der Waals surface area contributed by atoms with Gasteiger partial charge in [0.15, 0.2) is 0 Å². The van der Waals surface area contributed by atoms with E-state index in [0.29, 0.717) is 48.3 Å². The number of aryl methyl sites for hydroxylation is 1. The van der Waals surface area contributed by atoms with E-state index < -0.39 is 10.0 Å². The quantitative estimate of drug-likeness (QED) is 0.652. The lowest BCUT2D eigenvalue weighted by Crippen LogP contribution is -2.60. The Morgan fingerprint density at radius 2 is 1.84 bits per heavy atom. The monoisotopic (exact) mass is 500 g/mol. The molecule has 1 saturated carbocycles. The molecule has 0 atom stereocenters. The highest BCUT2D eigenvalue weighted by Crippen LogP contribution is 2.36. The van der Waals surface area contributed by atoms with Crippen molar-refractivity contribution >= 4 is 39.1 Å². The number of halogens is 2. The third-order valence-electron chi connectivity index (χ3n) is 6.38. The highest BCUT2D eigenvalue weighted by Gasteiger charge is 2.42. The van der Waals surface area contributed by atoms with Gasteiger partial charge in [0.05, 0.1) is 16.8 Å². The summed E-state index contributed by atoms with van der Waals surface area (Å²) in [6.45, 7) is 2.42. The standard InChI is InChI=1S/C20H26Cl2N6O3S/c1-26-13-18(24-25-26)32(30,31)28-10-8-27(9-11-28)20(6-2-3-7-20)14-23-19(29)16-5-4-15(21)12-17(16)22/h4-5,12-13H,2-3,6-11,14H2,1H3,(H,23,29). The summed E-state index contributed by atoms with van der Waals surface area (Å²) in [6, 6.07) is 4.82. The van der Waals surface area contributed by atoms with Crippen LogP contribution in [0.1, 0.15) is 36.0 Å². The Labute approximate surface area is 197 Å². The minimum Gasteiger partial charge on any atom is -0.350 e. The van der Waals surface area contributed by atoms with Crippen LogP contribution < -0.4 is 5.32 Å². The van der Waals surface area contributed by atoms with Gasteiger partial charge in [0.25, 0.3) is 15.9 Å². The summed E-state index contributed by atoms with van der Waals surface area (Å²) in [6.07, 6.45) is 5.49. The van der Waals surface area contributed by atoms with Crippen molar-refractivity contribution in [1.82, 2.24) is 29.5 Å². The van der Waals surface area contributed by atoms with Crippen LogP contribution in [-0.4, -0.2) is 76.8 Å². The molecule has 9 nitrogen and oxygen atoms in total. The first-order valence-electron chi connectivity index (χ1n) is 10.6. The van der Waals surface area contributed by atoms with E-state index in [1.807, 2.05) is 0 Å². The molecule has 0 bridgehead atoms. The molecule has 174 valence electrons. The van der Waals surface area contributed by atoms with E-state index in [1.165, 1.54) is 15.2 Å². The van der Waals surface area contributed by atoms with Gasteiger partial charge in [0.1, 0.15) is 0 Å². The van der Waals surface area contributed by atoms with Crippen molar-refractivity contribution in [2.45, 2.75) is 36.2 Å². The van der Waals surface area contributed by atoms with Gasteiger partial charge in [0.2, 0.25) is 5.03 Å². The largest absolute Gasteiger partial charge is 0.350 e. The maximum atomic E-state index is 12.8. The van der Waals surface area contributed by atoms with Crippen LogP contribution in [0.3, 0.4) is 0 Å². The van der Waals surface area contributed by atoms with Crippen LogP contribution in [0.15, 0.2) is 29.4 Å². The normalized spacial score (nSPS) is 19.8. The molecule has 2 fully saturated rings. The summed E-state index contributed by atoms with van der Waals surface area (Å²) >= 11 is 12.1. The fourth-order valence-corrected chi connectivity index (χ4v) is 6.46. The van der Waals surface area contributed by atoms with Crippen molar-refractivity contribution in [3.8, 4) is 0 Å². The van der Waals surface area contributed by atoms with E-state index in [0.717, 1.165) is 25.7 Å². The van der Waals surface area contributed by atoms with Gasteiger partial charge < -0.3 is 5.32 Å². The number of aromatic nitrogens is 3. The Hall–Kier alpha value is -1.72. The average Bonchev–Trinajstić information content (AvgIpc) is 3.42. The molecule has 2 aliphatic rings. The van der Waals surface area contributed by atoms with E-state index in [9.17, 15) is 13.2 Å². The zero-order valence-corrected chi connectivity index (χ0v) is 20.1. The van der Waals surface area contributed by atoms with Crippen molar-refractivity contribution in [3.63, 3.8) is 0 Å². The zero-order valence-electron chi connectivity index (χ0n) is 17.8. The van der Waals surface area contributed by atoms with Crippen molar-refractivity contribution < 1.29 is 13.2 Å². The minimum atomic E-state index is -3.66. The molecule has 12 heteroatoms. The minimum absolute atomic E-state index is 0.0314. The molecule has 2 heterocycles. The Bertz CT molecular complexity index is 1090. The average molecular weight is 501 g/mol. The Morgan fingerprint density at radius 3 is 2.44 bits per heavy atom. The summed E-state index contributed by atoms with van der Waals surface area (Å²) in [5.74, 6) is -0.234. The Balaban J connectivity index is 1.41. The summed E-state index contributed by atoms with van der Waals surface area (Å²) < 4.78 is 28.5. The molecule has 1 aliphatic heterocycles. The van der Waals surface area contributed by atoms with E-state index in [1.54, 1.807) is 25.2 Å². The van der Waals surface area contributed by atoms with Gasteiger partial charge in [-0.3, -0.25) is 14.4 Å². The molecular weight excluding hydrogens is 475 g/mol. The number of sulfonamides is 1. The summed E-state index contributed by atoms with van der Waals surface area (Å²) in [5.41, 5.74) is 0.209. The molecule has 1 aromatic carbocycles. The fourth-order valence-electron chi connectivity index (χ4n) is 4.63. The second kappa shape index (κ2) is 9.26. The van der Waals surface area contributed by atoms with Gasteiger partial charge in [0, 0.05) is 50.3 Å². The molecule has 1 N–H and O–H groups in total. The lowest BCUT2D eigenvalue weighted by molar-refractivity contribution is 0.0539. The van der Waals surface area contributed by atoms with Gasteiger partial charge >= 0.3 is 0 Å². The number of hydrogen-bond donors (Lipinski definition) is 1. The number of benzene rings is 1. The molecule has 0 radical (unpaired) electrons. The lowest BCUT2D eigenvalue weighted by atomic mass is 9.93. The smallest absolute Gasteiger partial charge is 0.264 e. The maximum Gasteiger partial charge on any atom is 0.264 e. The number of amides is 1. The summed E-state index contributed by atoms with van der Waals surface area (Å²) in [4.78, 5) is 15.1. The van der Waals surface area contributed by atoms with E-state index >= 15 is 0 Å². The van der Waals surface area contributed by atoms with Crippen LogP contribution in [0.25, 0.3) is 0 Å². The van der Waals surface area contributed by atoms with E-state index in [4.69, 9.17) is 23.2 Å². The van der Waals surface area contributed by atoms with Crippen LogP contribution in [-0.2, 0) is 17.1 Å². The summed E-state index contributed by atoms with van der Waals surface area (Å²) in [7, 11) is -2.02. The molecule has 0 unspecified atom stereocenters. The highest BCUT2D eigenvalue weighted by molar-refractivity contribution is 7.89. The van der Waals surface area contributed by atoms with Crippen molar-refractivity contribution in [3.05, 3.63) is 40.0 Å². The molecular formula is C20H26Cl2N6O3S. The van der Waals surface area contributed by atoms with Crippen LogP contribution in [0, 0.1) is 0 Å². The number of nitrogens with zero attached hydrogens (tertiary/aromatic N) is 5. The van der Waals surface area contributed by atoms with Crippen molar-refractivity contribution in [2.75, 3.05) is 32.7 Å². The van der Waals surface area contributed by atoms with Crippen LogP contribution in [0.2, 0.25) is 10.0 Å². The molecule has 1 amide bonds. The zero-order chi connectivity index (χ0) is 22.9. The van der Waals surface area contributed by atoms with E-state index in [2.05, 4.69) is 20.5 Å². The fraction of sp³-hybridized carbons (Fsp3) is 0.550. The number of rotatable bonds is 6. The van der Waals surface area contributed by atoms with Crippen LogP contribution in [0.5, 0.6) is 0 Å². The number of hydrogen-bond acceptors (Lipinski definition) is 6. The van der Waals surface area contributed by atoms with Crippen LogP contribution in [0.4, 0.5) is 0 Å². The number of carbonyl (C=O) groups excluding carboxylic acids is 1. The first-order chi connectivity index (χ1) is 15.2. The number of nitrogens with one attached hydrogen (secondary N) is 1. The second-order valence-electron chi connectivity index (χ2n) is 8.36. The molecule has 2 aromatic rings. The third kappa shape index (κ3) is 4.65.